The first-order valence-electron chi connectivity index (χ1n) is 6.30. The van der Waals surface area contributed by atoms with Gasteiger partial charge in [-0.25, -0.2) is 0 Å². The van der Waals surface area contributed by atoms with Gasteiger partial charge in [-0.15, -0.1) is 0 Å². The summed E-state index contributed by atoms with van der Waals surface area (Å²) in [5, 5.41) is 9.00. The molecule has 2 aliphatic heterocycles. The summed E-state index contributed by atoms with van der Waals surface area (Å²) in [4.78, 5) is 9.00. The lowest BCUT2D eigenvalue weighted by molar-refractivity contribution is 0.254. The summed E-state index contributed by atoms with van der Waals surface area (Å²) in [5.74, 6) is 0. The number of aromatic nitrogens is 1. The average molecular weight is 237 g/mol. The van der Waals surface area contributed by atoms with Crippen LogP contribution in [0.25, 0.3) is 0 Å². The molecular weight excluding hydrogens is 218 g/mol. The molecule has 1 aromatic heterocycles. The predicted molar refractivity (Wildman–Crippen MR) is 63.8 cm³/mol. The molecule has 2 unspecified atom stereocenters. The molecular formula is C12H19N3O2. The van der Waals surface area contributed by atoms with Crippen LogP contribution in [0.1, 0.15) is 25.0 Å². The molecule has 1 aromatic rings. The van der Waals surface area contributed by atoms with E-state index in [-0.39, 0.29) is 6.61 Å². The van der Waals surface area contributed by atoms with Gasteiger partial charge in [-0.3, -0.25) is 4.90 Å². The second kappa shape index (κ2) is 4.31. The van der Waals surface area contributed by atoms with Crippen LogP contribution in [0.15, 0.2) is 10.7 Å². The normalized spacial score (nSPS) is 29.6. The Labute approximate surface area is 101 Å². The number of fused-ring (bicyclic) bond motifs is 2. The van der Waals surface area contributed by atoms with E-state index in [0.29, 0.717) is 17.8 Å². The van der Waals surface area contributed by atoms with Crippen molar-refractivity contribution in [1.29, 1.82) is 0 Å². The minimum atomic E-state index is -0.0523. The van der Waals surface area contributed by atoms with Gasteiger partial charge in [-0.1, -0.05) is 0 Å². The van der Waals surface area contributed by atoms with E-state index in [9.17, 15) is 0 Å². The number of hydrogen-bond acceptors (Lipinski definition) is 5. The maximum atomic E-state index is 9.00. The number of oxazole rings is 1. The first-order chi connectivity index (χ1) is 8.28. The van der Waals surface area contributed by atoms with Crippen LogP contribution in [0.5, 0.6) is 0 Å². The zero-order valence-electron chi connectivity index (χ0n) is 10.2. The van der Waals surface area contributed by atoms with E-state index in [2.05, 4.69) is 21.8 Å². The summed E-state index contributed by atoms with van der Waals surface area (Å²) in [6.45, 7) is 1.93. The third-order valence-corrected chi connectivity index (χ3v) is 4.12. The third-order valence-electron chi connectivity index (χ3n) is 4.12. The van der Waals surface area contributed by atoms with Crippen LogP contribution in [0.4, 0.5) is 6.01 Å². The number of nitrogens with zero attached hydrogens (tertiary/aromatic N) is 3. The van der Waals surface area contributed by atoms with E-state index in [0.717, 1.165) is 19.1 Å². The lowest BCUT2D eigenvalue weighted by Gasteiger charge is -2.24. The van der Waals surface area contributed by atoms with Crippen molar-refractivity contribution in [3.05, 3.63) is 12.0 Å². The minimum Gasteiger partial charge on any atom is -0.432 e. The second-order valence-electron chi connectivity index (χ2n) is 5.06. The zero-order valence-corrected chi connectivity index (χ0v) is 10.2. The van der Waals surface area contributed by atoms with Crippen LogP contribution in [0.3, 0.4) is 0 Å². The maximum Gasteiger partial charge on any atom is 0.297 e. The Morgan fingerprint density at radius 2 is 2.24 bits per heavy atom. The molecule has 2 aliphatic rings. The van der Waals surface area contributed by atoms with Crippen LogP contribution in [-0.2, 0) is 6.61 Å². The molecule has 0 aliphatic carbocycles. The van der Waals surface area contributed by atoms with Crippen molar-refractivity contribution in [2.75, 3.05) is 25.0 Å². The molecule has 0 aromatic carbocycles. The molecule has 2 saturated heterocycles. The van der Waals surface area contributed by atoms with Gasteiger partial charge in [0.25, 0.3) is 6.01 Å². The fraction of sp³-hybridized carbons (Fsp3) is 0.750. The summed E-state index contributed by atoms with van der Waals surface area (Å²) in [6.07, 6.45) is 5.31. The number of rotatable bonds is 2. The fourth-order valence-electron chi connectivity index (χ4n) is 3.00. The summed E-state index contributed by atoms with van der Waals surface area (Å²) in [7, 11) is 2.22. The quantitative estimate of drug-likeness (QED) is 0.826. The Morgan fingerprint density at radius 1 is 1.41 bits per heavy atom. The molecule has 0 spiro atoms. The van der Waals surface area contributed by atoms with Crippen LogP contribution in [-0.4, -0.2) is 47.2 Å². The van der Waals surface area contributed by atoms with Gasteiger partial charge in [0.1, 0.15) is 12.0 Å². The van der Waals surface area contributed by atoms with Gasteiger partial charge < -0.3 is 14.4 Å². The van der Waals surface area contributed by atoms with Gasteiger partial charge in [0.2, 0.25) is 0 Å². The number of likely N-dealkylation sites (N-methyl/N-ethyl adjacent to an activating group) is 1. The van der Waals surface area contributed by atoms with Gasteiger partial charge in [0.15, 0.2) is 0 Å². The minimum absolute atomic E-state index is 0.0523. The van der Waals surface area contributed by atoms with E-state index >= 15 is 0 Å². The molecule has 2 bridgehead atoms. The molecule has 5 heteroatoms. The van der Waals surface area contributed by atoms with E-state index in [1.165, 1.54) is 19.3 Å². The van der Waals surface area contributed by atoms with E-state index in [4.69, 9.17) is 9.52 Å². The molecule has 17 heavy (non-hydrogen) atoms. The highest BCUT2D eigenvalue weighted by atomic mass is 16.4. The van der Waals surface area contributed by atoms with Crippen molar-refractivity contribution in [1.82, 2.24) is 9.88 Å². The molecule has 0 radical (unpaired) electrons. The number of aliphatic hydroxyl groups is 1. The summed E-state index contributed by atoms with van der Waals surface area (Å²) in [5.41, 5.74) is 0.614. The Morgan fingerprint density at radius 3 is 3.00 bits per heavy atom. The summed E-state index contributed by atoms with van der Waals surface area (Å²) in [6, 6.07) is 2.00. The second-order valence-corrected chi connectivity index (χ2v) is 5.06. The molecule has 0 saturated carbocycles. The van der Waals surface area contributed by atoms with E-state index in [1.54, 1.807) is 6.26 Å². The Hall–Kier alpha value is -1.07. The monoisotopic (exact) mass is 237 g/mol. The fourth-order valence-corrected chi connectivity index (χ4v) is 3.00. The Balaban J connectivity index is 1.76. The lowest BCUT2D eigenvalue weighted by Crippen LogP contribution is -2.36. The smallest absolute Gasteiger partial charge is 0.297 e. The highest BCUT2D eigenvalue weighted by Crippen LogP contribution is 2.30. The molecule has 1 N–H and O–H groups in total. The lowest BCUT2D eigenvalue weighted by atomic mass is 10.1. The highest BCUT2D eigenvalue weighted by Gasteiger charge is 2.35. The van der Waals surface area contributed by atoms with Gasteiger partial charge in [0.05, 0.1) is 6.61 Å². The molecule has 2 fully saturated rings. The molecule has 3 heterocycles. The molecule has 0 amide bonds. The first kappa shape index (κ1) is 11.0. The van der Waals surface area contributed by atoms with Gasteiger partial charge in [-0.2, -0.15) is 4.98 Å². The van der Waals surface area contributed by atoms with Crippen molar-refractivity contribution >= 4 is 6.01 Å². The Kier molecular flexibility index (Phi) is 2.80. The number of aliphatic hydroxyl groups excluding tert-OH is 1. The van der Waals surface area contributed by atoms with Crippen molar-refractivity contribution in [3.63, 3.8) is 0 Å². The SMILES string of the molecule is CN1C2CCC1CN(c1nc(CO)co1)CC2. The molecule has 5 nitrogen and oxygen atoms in total. The first-order valence-corrected chi connectivity index (χ1v) is 6.30. The topological polar surface area (TPSA) is 52.7 Å². The van der Waals surface area contributed by atoms with Crippen molar-refractivity contribution in [2.45, 2.75) is 38.0 Å². The van der Waals surface area contributed by atoms with Crippen molar-refractivity contribution in [3.8, 4) is 0 Å². The van der Waals surface area contributed by atoms with Crippen LogP contribution in [0, 0.1) is 0 Å². The van der Waals surface area contributed by atoms with E-state index < -0.39 is 0 Å². The highest BCUT2D eigenvalue weighted by molar-refractivity contribution is 5.28. The predicted octanol–water partition coefficient (Wildman–Crippen LogP) is 0.840. The Bertz CT molecular complexity index is 393. The van der Waals surface area contributed by atoms with Crippen LogP contribution in [0.2, 0.25) is 0 Å². The standard InChI is InChI=1S/C12H19N3O2/c1-14-10-2-3-11(14)6-15(5-4-10)12-13-9(7-16)8-17-12/h8,10-11,16H,2-7H2,1H3. The van der Waals surface area contributed by atoms with E-state index in [1.807, 2.05) is 0 Å². The summed E-state index contributed by atoms with van der Waals surface area (Å²) >= 11 is 0. The molecule has 2 atom stereocenters. The van der Waals surface area contributed by atoms with Crippen LogP contribution >= 0.6 is 0 Å². The van der Waals surface area contributed by atoms with Crippen molar-refractivity contribution in [2.24, 2.45) is 0 Å². The van der Waals surface area contributed by atoms with Crippen LogP contribution < -0.4 is 4.90 Å². The van der Waals surface area contributed by atoms with Gasteiger partial charge >= 0.3 is 0 Å². The maximum absolute atomic E-state index is 9.00. The largest absolute Gasteiger partial charge is 0.432 e. The van der Waals surface area contributed by atoms with Crippen molar-refractivity contribution < 1.29 is 9.52 Å². The molecule has 94 valence electrons. The number of anilines is 1. The van der Waals surface area contributed by atoms with Gasteiger partial charge in [-0.05, 0) is 26.3 Å². The number of hydrogen-bond donors (Lipinski definition) is 1. The average Bonchev–Trinajstić information content (AvgIpc) is 2.86. The third kappa shape index (κ3) is 1.93. The molecule has 3 rings (SSSR count). The summed E-state index contributed by atoms with van der Waals surface area (Å²) < 4.78 is 5.43. The zero-order chi connectivity index (χ0) is 11.8. The van der Waals surface area contributed by atoms with Gasteiger partial charge in [0, 0.05) is 25.2 Å².